The summed E-state index contributed by atoms with van der Waals surface area (Å²) in [5.74, 6) is -0.231. The number of carbonyl (C=O) groups is 2. The predicted molar refractivity (Wildman–Crippen MR) is 72.0 cm³/mol. The molecular formula is C14H18N2O3. The third-order valence-electron chi connectivity index (χ3n) is 3.06. The fourth-order valence-corrected chi connectivity index (χ4v) is 2.25. The van der Waals surface area contributed by atoms with Crippen molar-refractivity contribution in [1.82, 2.24) is 5.32 Å². The summed E-state index contributed by atoms with van der Waals surface area (Å²) in [5.41, 5.74) is 2.16. The van der Waals surface area contributed by atoms with Crippen LogP contribution in [0.3, 0.4) is 0 Å². The topological polar surface area (TPSA) is 78.4 Å². The monoisotopic (exact) mass is 262 g/mol. The Morgan fingerprint density at radius 2 is 2.21 bits per heavy atom. The van der Waals surface area contributed by atoms with Gasteiger partial charge in [0.1, 0.15) is 0 Å². The van der Waals surface area contributed by atoms with Crippen molar-refractivity contribution in [3.05, 3.63) is 29.3 Å². The second-order valence-corrected chi connectivity index (χ2v) is 5.06. The van der Waals surface area contributed by atoms with Gasteiger partial charge < -0.3 is 15.7 Å². The van der Waals surface area contributed by atoms with Gasteiger partial charge in [-0.15, -0.1) is 0 Å². The highest BCUT2D eigenvalue weighted by Crippen LogP contribution is 2.23. The molecule has 2 unspecified atom stereocenters. The number of amides is 2. The Morgan fingerprint density at radius 3 is 2.89 bits per heavy atom. The molecule has 0 spiro atoms. The summed E-state index contributed by atoms with van der Waals surface area (Å²) >= 11 is 0. The summed E-state index contributed by atoms with van der Waals surface area (Å²) in [5, 5.41) is 14.8. The zero-order chi connectivity index (χ0) is 14.0. The number of aliphatic hydroxyl groups excluding tert-OH is 1. The lowest BCUT2D eigenvalue weighted by Gasteiger charge is -2.15. The minimum absolute atomic E-state index is 0.0463. The van der Waals surface area contributed by atoms with E-state index in [1.54, 1.807) is 25.1 Å². The van der Waals surface area contributed by atoms with Gasteiger partial charge in [-0.1, -0.05) is 0 Å². The van der Waals surface area contributed by atoms with Crippen molar-refractivity contribution in [2.75, 3.05) is 5.32 Å². The van der Waals surface area contributed by atoms with Crippen LogP contribution in [-0.4, -0.2) is 29.1 Å². The highest BCUT2D eigenvalue weighted by Gasteiger charge is 2.19. The van der Waals surface area contributed by atoms with E-state index >= 15 is 0 Å². The third-order valence-corrected chi connectivity index (χ3v) is 3.06. The number of rotatable bonds is 4. The van der Waals surface area contributed by atoms with Crippen LogP contribution in [0.15, 0.2) is 18.2 Å². The maximum absolute atomic E-state index is 12.0. The summed E-state index contributed by atoms with van der Waals surface area (Å²) < 4.78 is 0. The normalized spacial score (nSPS) is 16.5. The van der Waals surface area contributed by atoms with E-state index in [1.165, 1.54) is 0 Å². The molecule has 19 heavy (non-hydrogen) atoms. The Bertz CT molecular complexity index is 511. The van der Waals surface area contributed by atoms with Crippen molar-refractivity contribution < 1.29 is 14.7 Å². The molecule has 5 heteroatoms. The van der Waals surface area contributed by atoms with Crippen LogP contribution in [0.2, 0.25) is 0 Å². The molecule has 2 atom stereocenters. The first-order chi connectivity index (χ1) is 8.95. The number of hydrogen-bond acceptors (Lipinski definition) is 3. The smallest absolute Gasteiger partial charge is 0.251 e. The van der Waals surface area contributed by atoms with E-state index in [0.29, 0.717) is 18.4 Å². The highest BCUT2D eigenvalue weighted by molar-refractivity contribution is 6.01. The molecule has 0 fully saturated rings. The Hall–Kier alpha value is -1.88. The van der Waals surface area contributed by atoms with E-state index in [4.69, 9.17) is 0 Å². The Kier molecular flexibility index (Phi) is 3.85. The van der Waals surface area contributed by atoms with Crippen LogP contribution in [0, 0.1) is 0 Å². The van der Waals surface area contributed by atoms with Crippen LogP contribution in [0.4, 0.5) is 5.69 Å². The standard InChI is InChI=1S/C14H18N2O3/c1-8(5-9(2)17)15-14(19)10-3-4-12-11(6-10)7-13(18)16-12/h3-4,6,8-9,17H,5,7H2,1-2H3,(H,15,19)(H,16,18). The van der Waals surface area contributed by atoms with Crippen LogP contribution < -0.4 is 10.6 Å². The lowest BCUT2D eigenvalue weighted by molar-refractivity contribution is -0.115. The second-order valence-electron chi connectivity index (χ2n) is 5.06. The average molecular weight is 262 g/mol. The van der Waals surface area contributed by atoms with Gasteiger partial charge in [-0.2, -0.15) is 0 Å². The molecule has 5 nitrogen and oxygen atoms in total. The molecule has 0 saturated carbocycles. The quantitative estimate of drug-likeness (QED) is 0.759. The molecule has 1 aliphatic rings. The van der Waals surface area contributed by atoms with Crippen LogP contribution >= 0.6 is 0 Å². The molecule has 1 aromatic carbocycles. The fourth-order valence-electron chi connectivity index (χ4n) is 2.25. The van der Waals surface area contributed by atoms with Gasteiger partial charge in [-0.05, 0) is 44.0 Å². The van der Waals surface area contributed by atoms with Gasteiger partial charge in [0.2, 0.25) is 5.91 Å². The maximum atomic E-state index is 12.0. The van der Waals surface area contributed by atoms with Gasteiger partial charge in [-0.25, -0.2) is 0 Å². The first-order valence-corrected chi connectivity index (χ1v) is 6.37. The zero-order valence-electron chi connectivity index (χ0n) is 11.1. The molecule has 3 N–H and O–H groups in total. The molecule has 102 valence electrons. The summed E-state index contributed by atoms with van der Waals surface area (Å²) in [4.78, 5) is 23.3. The van der Waals surface area contributed by atoms with E-state index in [-0.39, 0.29) is 17.9 Å². The van der Waals surface area contributed by atoms with Crippen molar-refractivity contribution in [2.45, 2.75) is 38.8 Å². The molecule has 1 aliphatic heterocycles. The van der Waals surface area contributed by atoms with Crippen LogP contribution in [0.5, 0.6) is 0 Å². The van der Waals surface area contributed by atoms with Gasteiger partial charge in [0.05, 0.1) is 12.5 Å². The largest absolute Gasteiger partial charge is 0.393 e. The van der Waals surface area contributed by atoms with Crippen molar-refractivity contribution in [3.8, 4) is 0 Å². The van der Waals surface area contributed by atoms with Gasteiger partial charge in [-0.3, -0.25) is 9.59 Å². The number of hydrogen-bond donors (Lipinski definition) is 3. The summed E-state index contributed by atoms with van der Waals surface area (Å²) in [6.45, 7) is 3.54. The van der Waals surface area contributed by atoms with E-state index in [2.05, 4.69) is 10.6 Å². The molecule has 1 aromatic rings. The van der Waals surface area contributed by atoms with E-state index in [0.717, 1.165) is 11.3 Å². The number of carbonyl (C=O) groups excluding carboxylic acids is 2. The van der Waals surface area contributed by atoms with Gasteiger partial charge >= 0.3 is 0 Å². The SMILES string of the molecule is CC(O)CC(C)NC(=O)c1ccc2c(c1)CC(=O)N2. The summed E-state index contributed by atoms with van der Waals surface area (Å²) in [6, 6.07) is 5.07. The van der Waals surface area contributed by atoms with Crippen LogP contribution in [0.1, 0.15) is 36.2 Å². The number of aliphatic hydroxyl groups is 1. The minimum Gasteiger partial charge on any atom is -0.393 e. The molecule has 0 aliphatic carbocycles. The number of fused-ring (bicyclic) bond motifs is 1. The first-order valence-electron chi connectivity index (χ1n) is 6.37. The van der Waals surface area contributed by atoms with Crippen molar-refractivity contribution in [2.24, 2.45) is 0 Å². The van der Waals surface area contributed by atoms with Crippen molar-refractivity contribution in [1.29, 1.82) is 0 Å². The molecule has 0 bridgehead atoms. The molecule has 2 amide bonds. The van der Waals surface area contributed by atoms with E-state index in [1.807, 2.05) is 6.92 Å². The molecule has 2 rings (SSSR count). The van der Waals surface area contributed by atoms with Crippen LogP contribution in [0.25, 0.3) is 0 Å². The lowest BCUT2D eigenvalue weighted by Crippen LogP contribution is -2.34. The van der Waals surface area contributed by atoms with Crippen molar-refractivity contribution in [3.63, 3.8) is 0 Å². The third kappa shape index (κ3) is 3.32. The molecule has 0 aromatic heterocycles. The number of anilines is 1. The number of nitrogens with one attached hydrogen (secondary N) is 2. The minimum atomic E-state index is -0.447. The predicted octanol–water partition coefficient (Wildman–Crippen LogP) is 1.07. The van der Waals surface area contributed by atoms with Crippen molar-refractivity contribution >= 4 is 17.5 Å². The molecule has 0 radical (unpaired) electrons. The Balaban J connectivity index is 2.04. The Labute approximate surface area is 112 Å². The zero-order valence-corrected chi connectivity index (χ0v) is 11.1. The Morgan fingerprint density at radius 1 is 1.47 bits per heavy atom. The fraction of sp³-hybridized carbons (Fsp3) is 0.429. The summed E-state index contributed by atoms with van der Waals surface area (Å²) in [7, 11) is 0. The lowest BCUT2D eigenvalue weighted by atomic mass is 10.1. The number of benzene rings is 1. The van der Waals surface area contributed by atoms with Gasteiger partial charge in [0.25, 0.3) is 5.91 Å². The van der Waals surface area contributed by atoms with E-state index < -0.39 is 6.10 Å². The maximum Gasteiger partial charge on any atom is 0.251 e. The summed E-state index contributed by atoms with van der Waals surface area (Å²) in [6.07, 6.45) is 0.383. The average Bonchev–Trinajstić information content (AvgIpc) is 2.66. The second kappa shape index (κ2) is 5.40. The van der Waals surface area contributed by atoms with E-state index in [9.17, 15) is 14.7 Å². The highest BCUT2D eigenvalue weighted by atomic mass is 16.3. The van der Waals surface area contributed by atoms with Gasteiger partial charge in [0.15, 0.2) is 0 Å². The molecule has 1 heterocycles. The molecular weight excluding hydrogens is 244 g/mol. The first kappa shape index (κ1) is 13.5. The molecule has 0 saturated heterocycles. The van der Waals surface area contributed by atoms with Gasteiger partial charge in [0, 0.05) is 17.3 Å². The van der Waals surface area contributed by atoms with Crippen LogP contribution in [-0.2, 0) is 11.2 Å².